The van der Waals surface area contributed by atoms with E-state index >= 15 is 0 Å². The van der Waals surface area contributed by atoms with Crippen LogP contribution in [0.4, 0.5) is 35.1 Å². The number of rotatable bonds is 5. The van der Waals surface area contributed by atoms with Crippen LogP contribution in [0.1, 0.15) is 25.0 Å². The molecule has 1 atom stereocenters. The Morgan fingerprint density at radius 2 is 1.38 bits per heavy atom. The lowest BCUT2D eigenvalue weighted by molar-refractivity contribution is -0.151. The second-order valence-electron chi connectivity index (χ2n) is 6.66. The Bertz CT molecular complexity index is 707. The number of carbonyl (C=O) groups is 1. The third-order valence-corrected chi connectivity index (χ3v) is 5.12. The molecule has 0 saturated heterocycles. The summed E-state index contributed by atoms with van der Waals surface area (Å²) in [4.78, 5) is 12.0. The zero-order valence-electron chi connectivity index (χ0n) is 13.8. The Labute approximate surface area is 143 Å². The molecule has 0 spiro atoms. The summed E-state index contributed by atoms with van der Waals surface area (Å²) >= 11 is 0. The number of benzene rings is 1. The molecule has 1 fully saturated rings. The van der Waals surface area contributed by atoms with Gasteiger partial charge < -0.3 is 4.74 Å². The van der Waals surface area contributed by atoms with Gasteiger partial charge in [-0.3, -0.25) is 4.79 Å². The van der Waals surface area contributed by atoms with Crippen molar-refractivity contribution in [1.82, 2.24) is 0 Å². The van der Waals surface area contributed by atoms with Crippen LogP contribution in [0.2, 0.25) is 0 Å². The van der Waals surface area contributed by atoms with Crippen molar-refractivity contribution < 1.29 is 44.7 Å². The van der Waals surface area contributed by atoms with E-state index in [4.69, 9.17) is 0 Å². The smallest absolute Gasteiger partial charge is 0.310 e. The van der Waals surface area contributed by atoms with Gasteiger partial charge in [0.15, 0.2) is 23.3 Å². The van der Waals surface area contributed by atoms with Gasteiger partial charge in [-0.25, -0.2) is 35.1 Å². The Hall–Kier alpha value is -1.87. The minimum absolute atomic E-state index is 0.777. The number of alkyl halides is 4. The Balaban J connectivity index is 2.26. The summed E-state index contributed by atoms with van der Waals surface area (Å²) in [7, 11) is 0. The molecule has 0 radical (unpaired) electrons. The summed E-state index contributed by atoms with van der Waals surface area (Å²) in [5.74, 6) is -10.6. The summed E-state index contributed by atoms with van der Waals surface area (Å²) in [6.07, 6.45) is -7.12. The van der Waals surface area contributed by atoms with Crippen LogP contribution in [0.15, 0.2) is 0 Å². The first-order chi connectivity index (χ1) is 11.8. The number of carbonyl (C=O) groups excluding carboxylic acids is 1. The van der Waals surface area contributed by atoms with Crippen molar-refractivity contribution in [2.75, 3.05) is 0 Å². The van der Waals surface area contributed by atoms with Crippen molar-refractivity contribution in [2.45, 2.75) is 40.2 Å². The van der Waals surface area contributed by atoms with E-state index in [1.54, 1.807) is 0 Å². The third-order valence-electron chi connectivity index (χ3n) is 5.12. The number of hydrogen-bond donors (Lipinski definition) is 0. The van der Waals surface area contributed by atoms with E-state index in [1.807, 2.05) is 0 Å². The van der Waals surface area contributed by atoms with Gasteiger partial charge in [-0.15, -0.1) is 0 Å². The van der Waals surface area contributed by atoms with Gasteiger partial charge in [-0.2, -0.15) is 0 Å². The molecule has 0 aliphatic heterocycles. The van der Waals surface area contributed by atoms with Gasteiger partial charge in [0.05, 0.1) is 11.5 Å². The number of esters is 1. The molecule has 0 amide bonds. The largest absolute Gasteiger partial charge is 0.460 e. The summed E-state index contributed by atoms with van der Waals surface area (Å²) in [6.45, 7) is 1.45. The van der Waals surface area contributed by atoms with E-state index < -0.39 is 76.6 Å². The normalized spacial score (nSPS) is 20.6. The summed E-state index contributed by atoms with van der Waals surface area (Å²) < 4.78 is 111. The fraction of sp³-hybridized carbons (Fsp3) is 0.562. The highest BCUT2D eigenvalue weighted by atomic mass is 19.3. The van der Waals surface area contributed by atoms with Gasteiger partial charge in [0.2, 0.25) is 0 Å². The lowest BCUT2D eigenvalue weighted by Gasteiger charge is -2.17. The molecule has 146 valence electrons. The van der Waals surface area contributed by atoms with Crippen LogP contribution >= 0.6 is 0 Å². The summed E-state index contributed by atoms with van der Waals surface area (Å²) in [5.41, 5.74) is -7.02. The summed E-state index contributed by atoms with van der Waals surface area (Å²) in [6, 6.07) is 0. The van der Waals surface area contributed by atoms with Crippen molar-refractivity contribution in [3.8, 4) is 0 Å². The first kappa shape index (κ1) is 20.4. The second-order valence-corrected chi connectivity index (χ2v) is 6.66. The van der Waals surface area contributed by atoms with E-state index in [-0.39, 0.29) is 0 Å². The van der Waals surface area contributed by atoms with Gasteiger partial charge in [0, 0.05) is 5.56 Å². The SMILES string of the molecule is Cc1c(F)c(F)c(COC(=O)C2C(C)(C)C2(C(F)F)C(F)F)c(F)c1F. The first-order valence-electron chi connectivity index (χ1n) is 7.37. The van der Waals surface area contributed by atoms with E-state index in [2.05, 4.69) is 4.74 Å². The maximum Gasteiger partial charge on any atom is 0.310 e. The molecule has 26 heavy (non-hydrogen) atoms. The molecule has 1 aliphatic rings. The molecule has 0 bridgehead atoms. The quantitative estimate of drug-likeness (QED) is 0.412. The fourth-order valence-electron chi connectivity index (χ4n) is 3.37. The van der Waals surface area contributed by atoms with Crippen LogP contribution in [-0.4, -0.2) is 18.8 Å². The first-order valence-corrected chi connectivity index (χ1v) is 7.37. The summed E-state index contributed by atoms with van der Waals surface area (Å²) in [5, 5.41) is 0. The molecule has 2 rings (SSSR count). The molecule has 2 nitrogen and oxygen atoms in total. The molecular formula is C16H14F8O2. The van der Waals surface area contributed by atoms with Gasteiger partial charge in [0.1, 0.15) is 12.0 Å². The molecule has 0 N–H and O–H groups in total. The standard InChI is InChI=1S/C16H14F8O2/c1-5-7(17)9(19)6(10(20)8(5)18)4-26-12(25)11-15(2,3)16(11,13(21)22)14(23)24/h11,13-14H,4H2,1-3H3. The van der Waals surface area contributed by atoms with Crippen molar-refractivity contribution >= 4 is 5.97 Å². The van der Waals surface area contributed by atoms with Crippen LogP contribution < -0.4 is 0 Å². The molecule has 0 aromatic heterocycles. The van der Waals surface area contributed by atoms with Crippen LogP contribution in [0, 0.1) is 46.9 Å². The number of ether oxygens (including phenoxy) is 1. The highest BCUT2D eigenvalue weighted by Gasteiger charge is 2.83. The molecule has 10 heteroatoms. The predicted octanol–water partition coefficient (Wildman–Crippen LogP) is 4.77. The van der Waals surface area contributed by atoms with E-state index in [1.165, 1.54) is 0 Å². The minimum atomic E-state index is -3.56. The maximum absolute atomic E-state index is 13.7. The molecule has 1 aliphatic carbocycles. The lowest BCUT2D eigenvalue weighted by atomic mass is 9.97. The van der Waals surface area contributed by atoms with Gasteiger partial charge in [-0.1, -0.05) is 13.8 Å². The average molecular weight is 390 g/mol. The van der Waals surface area contributed by atoms with Crippen molar-refractivity contribution in [3.05, 3.63) is 34.4 Å². The number of hydrogen-bond acceptors (Lipinski definition) is 2. The van der Waals surface area contributed by atoms with E-state index in [0.29, 0.717) is 0 Å². The van der Waals surface area contributed by atoms with Crippen LogP contribution in [0.5, 0.6) is 0 Å². The Morgan fingerprint density at radius 1 is 0.962 bits per heavy atom. The topological polar surface area (TPSA) is 26.3 Å². The van der Waals surface area contributed by atoms with Gasteiger partial charge in [-0.05, 0) is 12.3 Å². The Kier molecular flexibility index (Phi) is 5.02. The van der Waals surface area contributed by atoms with Crippen molar-refractivity contribution in [1.29, 1.82) is 0 Å². The van der Waals surface area contributed by atoms with Gasteiger partial charge in [0.25, 0.3) is 12.9 Å². The molecule has 1 saturated carbocycles. The van der Waals surface area contributed by atoms with Crippen molar-refractivity contribution in [3.63, 3.8) is 0 Å². The second kappa shape index (κ2) is 6.38. The third kappa shape index (κ3) is 2.56. The zero-order valence-corrected chi connectivity index (χ0v) is 13.8. The van der Waals surface area contributed by atoms with E-state index in [9.17, 15) is 39.9 Å². The van der Waals surface area contributed by atoms with Crippen LogP contribution in [0.25, 0.3) is 0 Å². The monoisotopic (exact) mass is 390 g/mol. The molecule has 1 aromatic rings. The predicted molar refractivity (Wildman–Crippen MR) is 72.5 cm³/mol. The minimum Gasteiger partial charge on any atom is -0.460 e. The fourth-order valence-corrected chi connectivity index (χ4v) is 3.37. The van der Waals surface area contributed by atoms with E-state index in [0.717, 1.165) is 20.8 Å². The zero-order chi connectivity index (χ0) is 20.2. The lowest BCUT2D eigenvalue weighted by Crippen LogP contribution is -2.29. The molecular weight excluding hydrogens is 376 g/mol. The highest BCUT2D eigenvalue weighted by Crippen LogP contribution is 2.74. The highest BCUT2D eigenvalue weighted by molar-refractivity contribution is 5.79. The van der Waals surface area contributed by atoms with Crippen LogP contribution in [0.3, 0.4) is 0 Å². The molecule has 0 heterocycles. The van der Waals surface area contributed by atoms with Crippen molar-refractivity contribution in [2.24, 2.45) is 16.7 Å². The number of halogens is 8. The maximum atomic E-state index is 13.7. The average Bonchev–Trinajstić information content (AvgIpc) is 3.09. The Morgan fingerprint density at radius 3 is 1.73 bits per heavy atom. The molecule has 1 aromatic carbocycles. The molecule has 1 unspecified atom stereocenters. The van der Waals surface area contributed by atoms with Crippen LogP contribution in [-0.2, 0) is 16.1 Å². The van der Waals surface area contributed by atoms with Gasteiger partial charge >= 0.3 is 5.97 Å².